The molecule has 3 aliphatic rings. The van der Waals surface area contributed by atoms with Crippen molar-refractivity contribution in [2.45, 2.75) is 85.3 Å². The van der Waals surface area contributed by atoms with E-state index in [1.807, 2.05) is 6.20 Å². The zero-order chi connectivity index (χ0) is 28.6. The molecule has 5 heterocycles. The molecule has 5 rings (SSSR count). The number of nitrogens with zero attached hydrogens (tertiary/aromatic N) is 4. The Morgan fingerprint density at radius 3 is 2.50 bits per heavy atom. The minimum Gasteiger partial charge on any atom is -0.482 e. The summed E-state index contributed by atoms with van der Waals surface area (Å²) in [6.07, 6.45) is 6.86. The molecule has 0 amide bonds. The highest BCUT2D eigenvalue weighted by atomic mass is 16.5. The van der Waals surface area contributed by atoms with Crippen LogP contribution in [-0.2, 0) is 9.53 Å². The van der Waals surface area contributed by atoms with Crippen LogP contribution in [0, 0.1) is 18.8 Å². The maximum atomic E-state index is 9.87. The van der Waals surface area contributed by atoms with Crippen molar-refractivity contribution in [1.29, 1.82) is 0 Å². The van der Waals surface area contributed by atoms with E-state index >= 15 is 0 Å². The predicted octanol–water partition coefficient (Wildman–Crippen LogP) is 5.79. The maximum absolute atomic E-state index is 9.87. The number of likely N-dealkylation sites (tertiary alicyclic amines) is 1. The van der Waals surface area contributed by atoms with Gasteiger partial charge >= 0.3 is 0 Å². The van der Waals surface area contributed by atoms with Crippen LogP contribution in [0.2, 0.25) is 0 Å². The summed E-state index contributed by atoms with van der Waals surface area (Å²) in [5, 5.41) is 3.62. The molecule has 1 N–H and O–H groups in total. The number of ether oxygens (including phenoxy) is 2. The molecule has 8 nitrogen and oxygen atoms in total. The monoisotopic (exact) mass is 547 g/mol. The van der Waals surface area contributed by atoms with Crippen molar-refractivity contribution in [3.8, 4) is 17.6 Å². The van der Waals surface area contributed by atoms with Gasteiger partial charge in [-0.05, 0) is 51.7 Å². The van der Waals surface area contributed by atoms with Crippen LogP contribution in [-0.4, -0.2) is 66.1 Å². The zero-order valence-corrected chi connectivity index (χ0v) is 25.0. The smallest absolute Gasteiger partial charge is 0.202 e. The van der Waals surface area contributed by atoms with Crippen LogP contribution >= 0.6 is 0 Å². The molecule has 0 unspecified atom stereocenters. The van der Waals surface area contributed by atoms with Crippen LogP contribution in [0.5, 0.6) is 5.75 Å². The van der Waals surface area contributed by atoms with Gasteiger partial charge in [0.2, 0.25) is 5.78 Å². The van der Waals surface area contributed by atoms with Crippen LogP contribution < -0.4 is 15.0 Å². The first-order valence-corrected chi connectivity index (χ1v) is 14.8. The Balaban J connectivity index is 0.000000557. The van der Waals surface area contributed by atoms with Crippen molar-refractivity contribution in [1.82, 2.24) is 14.9 Å². The molecular formula is C32H45N5O3. The van der Waals surface area contributed by atoms with Crippen molar-refractivity contribution in [3.63, 3.8) is 0 Å². The first kappa shape index (κ1) is 29.8. The third kappa shape index (κ3) is 6.94. The standard InChI is InChI=1S/C27H39N5O2.C5H6O/c1-5-7-21(8-6-2)32-16-20(17-32)22-15-23-26(18(3)29-22)34-19(4)25-24(9-10-28-27(25)30-23)31-11-13-33-14-12-31;1-3-4-5(2)6/h9-10,15,19-21H,5-8,11-14,16-17H2,1-4H3,(H,28,30);1-2H3/t19-;/m0./s1. The lowest BCUT2D eigenvalue weighted by atomic mass is 9.90. The Hall–Kier alpha value is -3.15. The van der Waals surface area contributed by atoms with Gasteiger partial charge in [-0.15, -0.1) is 0 Å². The Kier molecular flexibility index (Phi) is 10.4. The lowest BCUT2D eigenvalue weighted by Gasteiger charge is -2.44. The Labute approximate surface area is 239 Å². The number of hydrogen-bond donors (Lipinski definition) is 1. The summed E-state index contributed by atoms with van der Waals surface area (Å²) in [6.45, 7) is 17.3. The van der Waals surface area contributed by atoms with Crippen LogP contribution in [0.15, 0.2) is 18.3 Å². The number of carbonyl (C=O) groups is 1. The van der Waals surface area contributed by atoms with E-state index < -0.39 is 0 Å². The van der Waals surface area contributed by atoms with Crippen LogP contribution in [0.4, 0.5) is 17.2 Å². The van der Waals surface area contributed by atoms with Gasteiger partial charge in [0.05, 0.1) is 30.2 Å². The number of aryl methyl sites for hydroxylation is 1. The fourth-order valence-corrected chi connectivity index (χ4v) is 5.89. The number of rotatable bonds is 7. The summed E-state index contributed by atoms with van der Waals surface area (Å²) in [6, 6.07) is 5.01. The number of ketones is 1. The molecule has 0 aromatic carbocycles. The number of nitrogens with one attached hydrogen (secondary N) is 1. The second-order valence-corrected chi connectivity index (χ2v) is 10.9. The quantitative estimate of drug-likeness (QED) is 0.345. The van der Waals surface area contributed by atoms with Gasteiger partial charge in [0.25, 0.3) is 0 Å². The highest BCUT2D eigenvalue weighted by Crippen LogP contribution is 2.44. The molecular weight excluding hydrogens is 502 g/mol. The number of morpholine rings is 1. The summed E-state index contributed by atoms with van der Waals surface area (Å²) >= 11 is 0. The van der Waals surface area contributed by atoms with E-state index in [-0.39, 0.29) is 11.9 Å². The molecule has 0 spiro atoms. The van der Waals surface area contributed by atoms with Crippen molar-refractivity contribution >= 4 is 23.0 Å². The summed E-state index contributed by atoms with van der Waals surface area (Å²) in [5.74, 6) is 6.92. The summed E-state index contributed by atoms with van der Waals surface area (Å²) < 4.78 is 12.1. The van der Waals surface area contributed by atoms with Crippen LogP contribution in [0.3, 0.4) is 0 Å². The highest BCUT2D eigenvalue weighted by Gasteiger charge is 2.35. The summed E-state index contributed by atoms with van der Waals surface area (Å²) in [7, 11) is 0. The Morgan fingerprint density at radius 1 is 1.20 bits per heavy atom. The first-order valence-electron chi connectivity index (χ1n) is 14.8. The zero-order valence-electron chi connectivity index (χ0n) is 25.0. The fraction of sp³-hybridized carbons (Fsp3) is 0.594. The SMILES string of the molecule is CC#CC(C)=O.CCCC(CCC)N1CC(c2cc3c(c(C)n2)O[C@@H](C)c2c(N4CCOCC4)ccnc2N3)C1. The highest BCUT2D eigenvalue weighted by molar-refractivity contribution is 5.93. The minimum atomic E-state index is -0.121. The number of carbonyl (C=O) groups excluding carboxylic acids is 1. The van der Waals surface area contributed by atoms with Crippen molar-refractivity contribution in [3.05, 3.63) is 35.3 Å². The Morgan fingerprint density at radius 2 is 1.90 bits per heavy atom. The van der Waals surface area contributed by atoms with Crippen LogP contribution in [0.1, 0.15) is 89.3 Å². The van der Waals surface area contributed by atoms with Crippen LogP contribution in [0.25, 0.3) is 0 Å². The Bertz CT molecular complexity index is 1220. The number of pyridine rings is 2. The average Bonchev–Trinajstić information content (AvgIpc) is 3.05. The molecule has 2 aromatic heterocycles. The van der Waals surface area contributed by atoms with Gasteiger partial charge < -0.3 is 19.7 Å². The maximum Gasteiger partial charge on any atom is 0.202 e. The summed E-state index contributed by atoms with van der Waals surface area (Å²) in [4.78, 5) is 24.6. The number of anilines is 3. The molecule has 2 saturated heterocycles. The van der Waals surface area contributed by atoms with E-state index in [2.05, 4.69) is 66.8 Å². The number of aromatic nitrogens is 2. The third-order valence-electron chi connectivity index (χ3n) is 7.82. The van der Waals surface area contributed by atoms with Gasteiger partial charge in [-0.25, -0.2) is 4.98 Å². The van der Waals surface area contributed by atoms with Crippen molar-refractivity contribution < 1.29 is 14.3 Å². The second-order valence-electron chi connectivity index (χ2n) is 10.9. The van der Waals surface area contributed by atoms with Gasteiger partial charge in [-0.1, -0.05) is 32.6 Å². The number of hydrogen-bond acceptors (Lipinski definition) is 8. The molecule has 3 aliphatic heterocycles. The van der Waals surface area contributed by atoms with Crippen molar-refractivity contribution in [2.75, 3.05) is 49.6 Å². The molecule has 2 fully saturated rings. The number of Topliss-reactive ketones (excluding diaryl/α,β-unsaturated/α-hetero) is 1. The molecule has 216 valence electrons. The third-order valence-corrected chi connectivity index (χ3v) is 7.82. The molecule has 1 atom stereocenters. The summed E-state index contributed by atoms with van der Waals surface area (Å²) in [5.41, 5.74) is 5.38. The van der Waals surface area contributed by atoms with Gasteiger partial charge in [0, 0.05) is 62.6 Å². The second kappa shape index (κ2) is 14.0. The van der Waals surface area contributed by atoms with Gasteiger partial charge in [-0.2, -0.15) is 0 Å². The molecule has 8 heteroatoms. The topological polar surface area (TPSA) is 79.8 Å². The van der Waals surface area contributed by atoms with E-state index in [9.17, 15) is 4.79 Å². The van der Waals surface area contributed by atoms with E-state index in [0.717, 1.165) is 73.6 Å². The van der Waals surface area contributed by atoms with E-state index in [1.165, 1.54) is 38.3 Å². The van der Waals surface area contributed by atoms with Gasteiger partial charge in [0.1, 0.15) is 11.9 Å². The van der Waals surface area contributed by atoms with Crippen molar-refractivity contribution in [2.24, 2.45) is 0 Å². The number of fused-ring (bicyclic) bond motifs is 2. The molecule has 0 aliphatic carbocycles. The van der Waals surface area contributed by atoms with E-state index in [0.29, 0.717) is 12.0 Å². The fourth-order valence-electron chi connectivity index (χ4n) is 5.89. The lowest BCUT2D eigenvalue weighted by Crippen LogP contribution is -2.50. The van der Waals surface area contributed by atoms with Gasteiger partial charge in [0.15, 0.2) is 5.75 Å². The largest absolute Gasteiger partial charge is 0.482 e. The molecule has 2 aromatic rings. The normalized spacial score (nSPS) is 18.5. The minimum absolute atomic E-state index is 0.0718. The lowest BCUT2D eigenvalue weighted by molar-refractivity contribution is -0.111. The molecule has 0 saturated carbocycles. The molecule has 0 radical (unpaired) electrons. The predicted molar refractivity (Wildman–Crippen MR) is 161 cm³/mol. The van der Waals surface area contributed by atoms with E-state index in [1.54, 1.807) is 6.92 Å². The van der Waals surface area contributed by atoms with E-state index in [4.69, 9.17) is 19.4 Å². The average molecular weight is 548 g/mol. The molecule has 40 heavy (non-hydrogen) atoms. The van der Waals surface area contributed by atoms with Gasteiger partial charge in [-0.3, -0.25) is 14.7 Å². The first-order chi connectivity index (χ1) is 19.4. The molecule has 0 bridgehead atoms.